The van der Waals surface area contributed by atoms with Crippen LogP contribution in [0.3, 0.4) is 0 Å². The Morgan fingerprint density at radius 3 is 2.59 bits per heavy atom. The number of benzene rings is 2. The number of hydrogen-bond acceptors (Lipinski definition) is 5. The first-order valence-electron chi connectivity index (χ1n) is 8.25. The van der Waals surface area contributed by atoms with Crippen molar-refractivity contribution in [3.05, 3.63) is 74.6 Å². The molecule has 1 fully saturated rings. The van der Waals surface area contributed by atoms with Gasteiger partial charge in [-0.3, -0.25) is 14.5 Å². The number of amides is 2. The molecular weight excluding hydrogens is 430 g/mol. The van der Waals surface area contributed by atoms with Crippen LogP contribution in [0.4, 0.5) is 4.79 Å². The monoisotopic (exact) mass is 445 g/mol. The average Bonchev–Trinajstić information content (AvgIpc) is 2.90. The van der Waals surface area contributed by atoms with Crippen molar-refractivity contribution in [3.63, 3.8) is 0 Å². The van der Waals surface area contributed by atoms with Crippen LogP contribution in [0.1, 0.15) is 28.4 Å². The predicted octanol–water partition coefficient (Wildman–Crippen LogP) is 4.86. The summed E-state index contributed by atoms with van der Waals surface area (Å²) in [6, 6.07) is 14.2. The maximum Gasteiger partial charge on any atom is 0.338 e. The first-order chi connectivity index (χ1) is 13.0. The predicted molar refractivity (Wildman–Crippen MR) is 108 cm³/mol. The number of imide groups is 1. The summed E-state index contributed by atoms with van der Waals surface area (Å²) in [5, 5.41) is -0.310. The molecule has 7 heteroatoms. The Labute approximate surface area is 169 Å². The van der Waals surface area contributed by atoms with Gasteiger partial charge in [-0.15, -0.1) is 0 Å². The van der Waals surface area contributed by atoms with Crippen LogP contribution in [-0.2, 0) is 16.1 Å². The van der Waals surface area contributed by atoms with Crippen molar-refractivity contribution < 1.29 is 19.1 Å². The molecule has 1 saturated heterocycles. The van der Waals surface area contributed by atoms with E-state index in [4.69, 9.17) is 4.74 Å². The normalized spacial score (nSPS) is 15.5. The van der Waals surface area contributed by atoms with Gasteiger partial charge < -0.3 is 4.74 Å². The lowest BCUT2D eigenvalue weighted by Gasteiger charge is -2.12. The molecule has 0 aliphatic carbocycles. The van der Waals surface area contributed by atoms with E-state index >= 15 is 0 Å². The molecule has 2 amide bonds. The summed E-state index contributed by atoms with van der Waals surface area (Å²) >= 11 is 4.31. The third-order valence-corrected chi connectivity index (χ3v) is 5.23. The van der Waals surface area contributed by atoms with Gasteiger partial charge in [-0.25, -0.2) is 4.79 Å². The number of hydrogen-bond donors (Lipinski definition) is 0. The Kier molecular flexibility index (Phi) is 6.13. The summed E-state index contributed by atoms with van der Waals surface area (Å²) in [7, 11) is 0. The minimum atomic E-state index is -0.396. The molecule has 138 valence electrons. The van der Waals surface area contributed by atoms with Crippen molar-refractivity contribution >= 4 is 50.9 Å². The summed E-state index contributed by atoms with van der Waals surface area (Å²) in [5.74, 6) is -0.716. The van der Waals surface area contributed by atoms with Crippen LogP contribution < -0.4 is 0 Å². The smallest absolute Gasteiger partial charge is 0.338 e. The van der Waals surface area contributed by atoms with Crippen LogP contribution >= 0.6 is 27.7 Å². The topological polar surface area (TPSA) is 63.7 Å². The molecular formula is C20H16BrNO4S. The van der Waals surface area contributed by atoms with E-state index in [2.05, 4.69) is 15.9 Å². The highest BCUT2D eigenvalue weighted by Gasteiger charge is 2.34. The SMILES string of the molecule is CCOC(=O)c1ccc(CN2C(=O)S/C(=C\c3cccc(Br)c3)C2=O)cc1. The Morgan fingerprint density at radius 1 is 1.19 bits per heavy atom. The fourth-order valence-corrected chi connectivity index (χ4v) is 3.78. The molecule has 0 atom stereocenters. The summed E-state index contributed by atoms with van der Waals surface area (Å²) in [5.41, 5.74) is 2.03. The lowest BCUT2D eigenvalue weighted by molar-refractivity contribution is -0.123. The van der Waals surface area contributed by atoms with Gasteiger partial charge in [0.1, 0.15) is 0 Å². The second-order valence-corrected chi connectivity index (χ2v) is 7.65. The van der Waals surface area contributed by atoms with Gasteiger partial charge in [-0.2, -0.15) is 0 Å². The highest BCUT2D eigenvalue weighted by atomic mass is 79.9. The van der Waals surface area contributed by atoms with Crippen molar-refractivity contribution in [1.29, 1.82) is 0 Å². The second-order valence-electron chi connectivity index (χ2n) is 5.74. The van der Waals surface area contributed by atoms with E-state index in [0.717, 1.165) is 27.4 Å². The van der Waals surface area contributed by atoms with E-state index in [-0.39, 0.29) is 17.7 Å². The third-order valence-electron chi connectivity index (χ3n) is 3.83. The summed E-state index contributed by atoms with van der Waals surface area (Å²) in [6.07, 6.45) is 1.71. The van der Waals surface area contributed by atoms with Crippen LogP contribution in [-0.4, -0.2) is 28.6 Å². The fourth-order valence-electron chi connectivity index (χ4n) is 2.53. The third kappa shape index (κ3) is 4.67. The largest absolute Gasteiger partial charge is 0.462 e. The maximum atomic E-state index is 12.6. The Balaban J connectivity index is 1.73. The van der Waals surface area contributed by atoms with Gasteiger partial charge in [0.15, 0.2) is 0 Å². The van der Waals surface area contributed by atoms with Crippen LogP contribution in [0.25, 0.3) is 6.08 Å². The highest BCUT2D eigenvalue weighted by molar-refractivity contribution is 9.10. The first kappa shape index (κ1) is 19.4. The molecule has 0 spiro atoms. The summed E-state index contributed by atoms with van der Waals surface area (Å²) in [6.45, 7) is 2.21. The number of ether oxygens (including phenoxy) is 1. The molecule has 1 aliphatic heterocycles. The molecule has 2 aromatic carbocycles. The number of carbonyl (C=O) groups excluding carboxylic acids is 3. The molecule has 0 radical (unpaired) electrons. The van der Waals surface area contributed by atoms with Crippen molar-refractivity contribution in [3.8, 4) is 0 Å². The van der Waals surface area contributed by atoms with Crippen LogP contribution in [0.2, 0.25) is 0 Å². The van der Waals surface area contributed by atoms with Crippen molar-refractivity contribution in [2.45, 2.75) is 13.5 Å². The molecule has 1 heterocycles. The molecule has 0 unspecified atom stereocenters. The number of thioether (sulfide) groups is 1. The molecule has 27 heavy (non-hydrogen) atoms. The van der Waals surface area contributed by atoms with Crippen LogP contribution in [0.15, 0.2) is 57.9 Å². The van der Waals surface area contributed by atoms with Gasteiger partial charge >= 0.3 is 5.97 Å². The molecule has 0 aromatic heterocycles. The van der Waals surface area contributed by atoms with E-state index in [9.17, 15) is 14.4 Å². The summed E-state index contributed by atoms with van der Waals surface area (Å²) < 4.78 is 5.84. The van der Waals surface area contributed by atoms with Crippen LogP contribution in [0.5, 0.6) is 0 Å². The lowest BCUT2D eigenvalue weighted by atomic mass is 10.1. The first-order valence-corrected chi connectivity index (χ1v) is 9.86. The van der Waals surface area contributed by atoms with Crippen molar-refractivity contribution in [2.75, 3.05) is 6.61 Å². The molecule has 0 saturated carbocycles. The number of rotatable bonds is 5. The number of halogens is 1. The molecule has 5 nitrogen and oxygen atoms in total. The number of esters is 1. The Morgan fingerprint density at radius 2 is 1.93 bits per heavy atom. The van der Waals surface area contributed by atoms with Gasteiger partial charge in [0.05, 0.1) is 23.6 Å². The molecule has 2 aromatic rings. The average molecular weight is 446 g/mol. The van der Waals surface area contributed by atoms with Gasteiger partial charge in [-0.1, -0.05) is 40.2 Å². The lowest BCUT2D eigenvalue weighted by Crippen LogP contribution is -2.27. The second kappa shape index (κ2) is 8.54. The number of carbonyl (C=O) groups is 3. The molecule has 0 bridgehead atoms. The van der Waals surface area contributed by atoms with Gasteiger partial charge in [0.2, 0.25) is 0 Å². The molecule has 1 aliphatic rings. The maximum absolute atomic E-state index is 12.6. The minimum absolute atomic E-state index is 0.156. The summed E-state index contributed by atoms with van der Waals surface area (Å²) in [4.78, 5) is 38.1. The van der Waals surface area contributed by atoms with Gasteiger partial charge in [0, 0.05) is 4.47 Å². The molecule has 0 N–H and O–H groups in total. The van der Waals surface area contributed by atoms with E-state index in [1.807, 2.05) is 24.3 Å². The minimum Gasteiger partial charge on any atom is -0.462 e. The highest BCUT2D eigenvalue weighted by Crippen LogP contribution is 2.33. The quantitative estimate of drug-likeness (QED) is 0.485. The fraction of sp³-hybridized carbons (Fsp3) is 0.150. The van der Waals surface area contributed by atoms with Crippen LogP contribution in [0, 0.1) is 0 Å². The molecule has 3 rings (SSSR count). The Bertz CT molecular complexity index is 924. The van der Waals surface area contributed by atoms with E-state index in [1.54, 1.807) is 37.3 Å². The standard InChI is InChI=1S/C20H16BrNO4S/c1-2-26-19(24)15-8-6-13(7-9-15)12-22-18(23)17(27-20(22)25)11-14-4-3-5-16(21)10-14/h3-11H,2,12H2,1H3/b17-11-. The zero-order chi connectivity index (χ0) is 19.4. The Hall–Kier alpha value is -2.38. The van der Waals surface area contributed by atoms with E-state index in [1.165, 1.54) is 4.90 Å². The van der Waals surface area contributed by atoms with E-state index in [0.29, 0.717) is 17.1 Å². The zero-order valence-electron chi connectivity index (χ0n) is 14.5. The van der Waals surface area contributed by atoms with Crippen molar-refractivity contribution in [1.82, 2.24) is 4.90 Å². The number of nitrogens with zero attached hydrogens (tertiary/aromatic N) is 1. The van der Waals surface area contributed by atoms with Crippen molar-refractivity contribution in [2.24, 2.45) is 0 Å². The van der Waals surface area contributed by atoms with Gasteiger partial charge in [-0.05, 0) is 60.2 Å². The zero-order valence-corrected chi connectivity index (χ0v) is 16.9. The van der Waals surface area contributed by atoms with Gasteiger partial charge in [0.25, 0.3) is 11.1 Å². The van der Waals surface area contributed by atoms with E-state index < -0.39 is 5.97 Å².